The van der Waals surface area contributed by atoms with Gasteiger partial charge in [0.15, 0.2) is 0 Å². The van der Waals surface area contributed by atoms with Crippen molar-refractivity contribution >= 4 is 11.8 Å². The summed E-state index contributed by atoms with van der Waals surface area (Å²) in [4.78, 5) is 23.5. The highest BCUT2D eigenvalue weighted by Gasteiger charge is 2.21. The Bertz CT molecular complexity index is 704. The molecule has 2 amide bonds. The molecule has 0 fully saturated rings. The van der Waals surface area contributed by atoms with E-state index >= 15 is 0 Å². The molecule has 2 aromatic carbocycles. The average molecular weight is 304 g/mol. The number of amides is 2. The first-order valence-corrected chi connectivity index (χ1v) is 6.56. The second-order valence-corrected chi connectivity index (χ2v) is 4.74. The number of primary amides is 1. The van der Waals surface area contributed by atoms with E-state index in [9.17, 15) is 18.4 Å². The third-order valence-corrected chi connectivity index (χ3v) is 3.10. The lowest BCUT2D eigenvalue weighted by Crippen LogP contribution is -2.46. The summed E-state index contributed by atoms with van der Waals surface area (Å²) in [7, 11) is 0. The molecule has 0 aliphatic rings. The van der Waals surface area contributed by atoms with Gasteiger partial charge < -0.3 is 11.1 Å². The van der Waals surface area contributed by atoms with E-state index in [1.165, 1.54) is 36.4 Å². The predicted molar refractivity (Wildman–Crippen MR) is 77.0 cm³/mol. The summed E-state index contributed by atoms with van der Waals surface area (Å²) in [6, 6.07) is 9.93. The lowest BCUT2D eigenvalue weighted by Gasteiger charge is -2.16. The molecule has 4 nitrogen and oxygen atoms in total. The lowest BCUT2D eigenvalue weighted by atomic mass is 10.0. The molecule has 0 saturated carbocycles. The molecule has 0 heterocycles. The number of hydrogen-bond acceptors (Lipinski definition) is 2. The van der Waals surface area contributed by atoms with Crippen molar-refractivity contribution in [1.29, 1.82) is 0 Å². The maximum Gasteiger partial charge on any atom is 0.254 e. The Balaban J connectivity index is 2.14. The third-order valence-electron chi connectivity index (χ3n) is 3.10. The summed E-state index contributed by atoms with van der Waals surface area (Å²) < 4.78 is 26.7. The van der Waals surface area contributed by atoms with E-state index in [-0.39, 0.29) is 12.0 Å². The second-order valence-electron chi connectivity index (χ2n) is 4.74. The minimum Gasteiger partial charge on any atom is -0.368 e. The summed E-state index contributed by atoms with van der Waals surface area (Å²) in [5.74, 6) is -2.69. The van der Waals surface area contributed by atoms with Gasteiger partial charge in [-0.1, -0.05) is 24.3 Å². The number of hydrogen-bond donors (Lipinski definition) is 2. The smallest absolute Gasteiger partial charge is 0.254 e. The first-order valence-electron chi connectivity index (χ1n) is 6.56. The third kappa shape index (κ3) is 3.88. The molecule has 0 spiro atoms. The summed E-state index contributed by atoms with van der Waals surface area (Å²) in [6.45, 7) is 0. The zero-order valence-electron chi connectivity index (χ0n) is 11.6. The van der Waals surface area contributed by atoms with Crippen molar-refractivity contribution in [3.05, 3.63) is 71.3 Å². The van der Waals surface area contributed by atoms with Crippen LogP contribution in [-0.4, -0.2) is 17.9 Å². The number of nitrogens with one attached hydrogen (secondary N) is 1. The maximum absolute atomic E-state index is 13.5. The second kappa shape index (κ2) is 6.80. The fraction of sp³-hybridized carbons (Fsp3) is 0.125. The highest BCUT2D eigenvalue weighted by molar-refractivity contribution is 5.97. The van der Waals surface area contributed by atoms with Crippen molar-refractivity contribution in [3.8, 4) is 0 Å². The largest absolute Gasteiger partial charge is 0.368 e. The van der Waals surface area contributed by atoms with E-state index in [1.54, 1.807) is 6.07 Å². The molecule has 0 aliphatic heterocycles. The van der Waals surface area contributed by atoms with Crippen LogP contribution in [0.5, 0.6) is 0 Å². The van der Waals surface area contributed by atoms with Crippen molar-refractivity contribution in [2.24, 2.45) is 5.73 Å². The number of halogens is 2. The average Bonchev–Trinajstić information content (AvgIpc) is 2.46. The van der Waals surface area contributed by atoms with Gasteiger partial charge in [0.25, 0.3) is 5.91 Å². The van der Waals surface area contributed by atoms with Crippen molar-refractivity contribution in [2.45, 2.75) is 12.5 Å². The topological polar surface area (TPSA) is 72.2 Å². The molecule has 0 bridgehead atoms. The molecule has 3 N–H and O–H groups in total. The SMILES string of the molecule is NC(=O)[C@H](Cc1cccc(F)c1)NC(=O)c1ccccc1F. The van der Waals surface area contributed by atoms with Gasteiger partial charge in [-0.2, -0.15) is 0 Å². The molecule has 6 heteroatoms. The van der Waals surface area contributed by atoms with Crippen LogP contribution in [0.4, 0.5) is 8.78 Å². The Morgan fingerprint density at radius 2 is 1.82 bits per heavy atom. The summed E-state index contributed by atoms with van der Waals surface area (Å²) in [6.07, 6.45) is 0.0211. The molecular weight excluding hydrogens is 290 g/mol. The van der Waals surface area contributed by atoms with E-state index in [0.717, 1.165) is 6.07 Å². The van der Waals surface area contributed by atoms with Crippen LogP contribution in [0, 0.1) is 11.6 Å². The predicted octanol–water partition coefficient (Wildman–Crippen LogP) is 1.79. The Morgan fingerprint density at radius 1 is 1.09 bits per heavy atom. The highest BCUT2D eigenvalue weighted by atomic mass is 19.1. The maximum atomic E-state index is 13.5. The van der Waals surface area contributed by atoms with Crippen LogP contribution in [0.3, 0.4) is 0 Å². The van der Waals surface area contributed by atoms with Crippen molar-refractivity contribution < 1.29 is 18.4 Å². The number of carbonyl (C=O) groups excluding carboxylic acids is 2. The van der Waals surface area contributed by atoms with Gasteiger partial charge in [-0.3, -0.25) is 9.59 Å². The number of nitrogens with two attached hydrogens (primary N) is 1. The van der Waals surface area contributed by atoms with Crippen molar-refractivity contribution in [3.63, 3.8) is 0 Å². The monoisotopic (exact) mass is 304 g/mol. The minimum atomic E-state index is -1.06. The lowest BCUT2D eigenvalue weighted by molar-refractivity contribution is -0.119. The van der Waals surface area contributed by atoms with Crippen LogP contribution in [0.1, 0.15) is 15.9 Å². The molecule has 1 atom stereocenters. The molecular formula is C16H14F2N2O2. The van der Waals surface area contributed by atoms with Gasteiger partial charge in [0.05, 0.1) is 5.56 Å². The van der Waals surface area contributed by atoms with Gasteiger partial charge in [-0.15, -0.1) is 0 Å². The van der Waals surface area contributed by atoms with Crippen LogP contribution in [0.25, 0.3) is 0 Å². The summed E-state index contributed by atoms with van der Waals surface area (Å²) in [5, 5.41) is 2.37. The van der Waals surface area contributed by atoms with Crippen LogP contribution in [0.2, 0.25) is 0 Å². The molecule has 2 aromatic rings. The molecule has 0 radical (unpaired) electrons. The van der Waals surface area contributed by atoms with Crippen LogP contribution in [-0.2, 0) is 11.2 Å². The summed E-state index contributed by atoms with van der Waals surface area (Å²) >= 11 is 0. The zero-order chi connectivity index (χ0) is 16.1. The van der Waals surface area contributed by atoms with E-state index in [1.807, 2.05) is 0 Å². The van der Waals surface area contributed by atoms with Gasteiger partial charge in [-0.25, -0.2) is 8.78 Å². The van der Waals surface area contributed by atoms with E-state index < -0.39 is 29.5 Å². The molecule has 0 saturated heterocycles. The van der Waals surface area contributed by atoms with Gasteiger partial charge >= 0.3 is 0 Å². The number of carbonyl (C=O) groups is 2. The molecule has 114 valence electrons. The van der Waals surface area contributed by atoms with E-state index in [4.69, 9.17) is 5.73 Å². The van der Waals surface area contributed by atoms with Crippen LogP contribution in [0.15, 0.2) is 48.5 Å². The fourth-order valence-electron chi connectivity index (χ4n) is 2.00. The normalized spacial score (nSPS) is 11.7. The van der Waals surface area contributed by atoms with Gasteiger partial charge in [0.2, 0.25) is 5.91 Å². The van der Waals surface area contributed by atoms with E-state index in [0.29, 0.717) is 5.56 Å². The number of rotatable bonds is 5. The van der Waals surface area contributed by atoms with Gasteiger partial charge in [-0.05, 0) is 29.8 Å². The van der Waals surface area contributed by atoms with Crippen LogP contribution < -0.4 is 11.1 Å². The molecule has 2 rings (SSSR count). The first kappa shape index (κ1) is 15.6. The van der Waals surface area contributed by atoms with Crippen LogP contribution >= 0.6 is 0 Å². The van der Waals surface area contributed by atoms with E-state index in [2.05, 4.69) is 5.32 Å². The Hall–Kier alpha value is -2.76. The van der Waals surface area contributed by atoms with Crippen molar-refractivity contribution in [2.75, 3.05) is 0 Å². The van der Waals surface area contributed by atoms with Gasteiger partial charge in [0.1, 0.15) is 17.7 Å². The Labute approximate surface area is 125 Å². The molecule has 22 heavy (non-hydrogen) atoms. The molecule has 0 aromatic heterocycles. The minimum absolute atomic E-state index is 0.0211. The standard InChI is InChI=1S/C16H14F2N2O2/c17-11-5-3-4-10(8-11)9-14(15(19)21)20-16(22)12-6-1-2-7-13(12)18/h1-8,14H,9H2,(H2,19,21)(H,20,22)/t14-/m0/s1. The van der Waals surface area contributed by atoms with Gasteiger partial charge in [0, 0.05) is 6.42 Å². The van der Waals surface area contributed by atoms with Crippen molar-refractivity contribution in [1.82, 2.24) is 5.32 Å². The number of benzene rings is 2. The first-order chi connectivity index (χ1) is 10.5. The Morgan fingerprint density at radius 3 is 2.45 bits per heavy atom. The quantitative estimate of drug-likeness (QED) is 0.884. The molecule has 0 aliphatic carbocycles. The Kier molecular flexibility index (Phi) is 4.83. The highest BCUT2D eigenvalue weighted by Crippen LogP contribution is 2.09. The fourth-order valence-corrected chi connectivity index (χ4v) is 2.00. The molecule has 0 unspecified atom stereocenters. The summed E-state index contributed by atoms with van der Waals surface area (Å²) in [5.41, 5.74) is 5.56. The zero-order valence-corrected chi connectivity index (χ0v) is 11.6.